The molecule has 0 bridgehead atoms. The van der Waals surface area contributed by atoms with Crippen molar-refractivity contribution in [2.24, 2.45) is 0 Å². The Hall–Kier alpha value is -1.88. The Balaban J connectivity index is 2.27. The third kappa shape index (κ3) is 1.37. The molecule has 0 aliphatic rings. The van der Waals surface area contributed by atoms with Crippen molar-refractivity contribution in [1.82, 2.24) is 19.5 Å². The molecular formula is C10H7ClN4O. The molecule has 0 atom stereocenters. The minimum absolute atomic E-state index is 0.507. The quantitative estimate of drug-likeness (QED) is 0.649. The highest BCUT2D eigenvalue weighted by Crippen LogP contribution is 2.19. The number of halogens is 1. The molecule has 0 saturated carbocycles. The molecular weight excluding hydrogens is 228 g/mol. The Morgan fingerprint density at radius 2 is 2.25 bits per heavy atom. The molecule has 0 radical (unpaired) electrons. The fourth-order valence-electron chi connectivity index (χ4n) is 1.52. The highest BCUT2D eigenvalue weighted by atomic mass is 35.5. The minimum atomic E-state index is 0.507. The average molecular weight is 235 g/mol. The molecule has 6 heteroatoms. The zero-order valence-corrected chi connectivity index (χ0v) is 9.14. The van der Waals surface area contributed by atoms with Gasteiger partial charge in [-0.15, -0.1) is 0 Å². The van der Waals surface area contributed by atoms with Gasteiger partial charge in [-0.2, -0.15) is 4.98 Å². The summed E-state index contributed by atoms with van der Waals surface area (Å²) >= 11 is 5.93. The van der Waals surface area contributed by atoms with Crippen LogP contribution in [-0.4, -0.2) is 19.5 Å². The van der Waals surface area contributed by atoms with Gasteiger partial charge in [0.15, 0.2) is 0 Å². The summed E-state index contributed by atoms with van der Waals surface area (Å²) < 4.78 is 6.76. The van der Waals surface area contributed by atoms with Gasteiger partial charge in [-0.05, 0) is 12.1 Å². The van der Waals surface area contributed by atoms with Crippen molar-refractivity contribution in [2.45, 2.75) is 6.92 Å². The van der Waals surface area contributed by atoms with Crippen molar-refractivity contribution < 1.29 is 4.52 Å². The summed E-state index contributed by atoms with van der Waals surface area (Å²) in [6, 6.07) is 3.62. The van der Waals surface area contributed by atoms with Crippen LogP contribution in [0.4, 0.5) is 0 Å². The molecule has 80 valence electrons. The highest BCUT2D eigenvalue weighted by Gasteiger charge is 2.11. The maximum Gasteiger partial charge on any atom is 0.223 e. The molecule has 0 saturated heterocycles. The van der Waals surface area contributed by atoms with Crippen LogP contribution in [0.1, 0.15) is 5.89 Å². The van der Waals surface area contributed by atoms with Crippen molar-refractivity contribution in [1.29, 1.82) is 0 Å². The summed E-state index contributed by atoms with van der Waals surface area (Å²) in [6.07, 6.45) is 3.46. The molecule has 5 nitrogen and oxygen atoms in total. The van der Waals surface area contributed by atoms with E-state index < -0.39 is 0 Å². The first-order valence-corrected chi connectivity index (χ1v) is 5.05. The molecule has 0 aliphatic carbocycles. The van der Waals surface area contributed by atoms with Gasteiger partial charge in [-0.1, -0.05) is 16.8 Å². The third-order valence-corrected chi connectivity index (χ3v) is 2.45. The van der Waals surface area contributed by atoms with Crippen LogP contribution in [0.25, 0.3) is 17.2 Å². The van der Waals surface area contributed by atoms with Gasteiger partial charge in [0.05, 0.1) is 11.2 Å². The molecule has 0 unspecified atom stereocenters. The first-order chi connectivity index (χ1) is 7.74. The van der Waals surface area contributed by atoms with Gasteiger partial charge >= 0.3 is 0 Å². The number of aromatic nitrogens is 4. The highest BCUT2D eigenvalue weighted by molar-refractivity contribution is 6.30. The van der Waals surface area contributed by atoms with Gasteiger partial charge in [0.1, 0.15) is 11.3 Å². The maximum atomic E-state index is 5.93. The van der Waals surface area contributed by atoms with E-state index in [0.717, 1.165) is 11.3 Å². The van der Waals surface area contributed by atoms with Crippen molar-refractivity contribution >= 4 is 17.2 Å². The minimum Gasteiger partial charge on any atom is -0.339 e. The van der Waals surface area contributed by atoms with Gasteiger partial charge in [-0.25, -0.2) is 4.98 Å². The Bertz CT molecular complexity index is 658. The number of nitrogens with zero attached hydrogens (tertiary/aromatic N) is 4. The fraction of sp³-hybridized carbons (Fsp3) is 0.100. The van der Waals surface area contributed by atoms with Gasteiger partial charge in [0, 0.05) is 13.1 Å². The molecule has 0 amide bonds. The number of imidazole rings is 1. The zero-order chi connectivity index (χ0) is 11.1. The summed E-state index contributed by atoms with van der Waals surface area (Å²) in [5.41, 5.74) is 1.55. The molecule has 3 aromatic rings. The van der Waals surface area contributed by atoms with Crippen molar-refractivity contribution in [3.63, 3.8) is 0 Å². The van der Waals surface area contributed by atoms with E-state index in [1.54, 1.807) is 25.4 Å². The topological polar surface area (TPSA) is 56.2 Å². The van der Waals surface area contributed by atoms with Crippen molar-refractivity contribution in [2.75, 3.05) is 0 Å². The van der Waals surface area contributed by atoms with Gasteiger partial charge in [0.25, 0.3) is 0 Å². The number of pyridine rings is 1. The monoisotopic (exact) mass is 234 g/mol. The van der Waals surface area contributed by atoms with E-state index in [-0.39, 0.29) is 0 Å². The molecule has 0 aromatic carbocycles. The Kier molecular flexibility index (Phi) is 1.94. The van der Waals surface area contributed by atoms with Gasteiger partial charge in [0.2, 0.25) is 11.7 Å². The van der Waals surface area contributed by atoms with E-state index >= 15 is 0 Å². The third-order valence-electron chi connectivity index (χ3n) is 2.23. The van der Waals surface area contributed by atoms with Crippen LogP contribution in [0, 0.1) is 6.92 Å². The van der Waals surface area contributed by atoms with Crippen LogP contribution in [0.3, 0.4) is 0 Å². The molecule has 0 N–H and O–H groups in total. The standard InChI is InChI=1S/C10H7ClN4O/c1-6-13-10(14-16-6)8-4-12-9-3-2-7(11)5-15(8)9/h2-5H,1H3. The normalized spacial score (nSPS) is 11.1. The van der Waals surface area contributed by atoms with Crippen LogP contribution in [0.2, 0.25) is 5.02 Å². The van der Waals surface area contributed by atoms with E-state index in [2.05, 4.69) is 15.1 Å². The second-order valence-electron chi connectivity index (χ2n) is 3.36. The van der Waals surface area contributed by atoms with E-state index in [1.807, 2.05) is 10.5 Å². The van der Waals surface area contributed by atoms with E-state index in [0.29, 0.717) is 16.7 Å². The Labute approximate surface area is 95.7 Å². The first kappa shape index (κ1) is 9.35. The zero-order valence-electron chi connectivity index (χ0n) is 8.38. The number of hydrogen-bond acceptors (Lipinski definition) is 4. The smallest absolute Gasteiger partial charge is 0.223 e. The maximum absolute atomic E-state index is 5.93. The number of aryl methyl sites for hydroxylation is 1. The predicted octanol–water partition coefficient (Wildman–Crippen LogP) is 2.35. The molecule has 16 heavy (non-hydrogen) atoms. The van der Waals surface area contributed by atoms with Crippen molar-refractivity contribution in [3.8, 4) is 11.5 Å². The molecule has 3 aromatic heterocycles. The summed E-state index contributed by atoms with van der Waals surface area (Å²) in [7, 11) is 0. The summed E-state index contributed by atoms with van der Waals surface area (Å²) in [5, 5.41) is 4.48. The van der Waals surface area contributed by atoms with Crippen LogP contribution in [0.5, 0.6) is 0 Å². The van der Waals surface area contributed by atoms with E-state index in [4.69, 9.17) is 16.1 Å². The van der Waals surface area contributed by atoms with E-state index in [9.17, 15) is 0 Å². The number of fused-ring (bicyclic) bond motifs is 1. The molecule has 3 heterocycles. The fourth-order valence-corrected chi connectivity index (χ4v) is 1.68. The second kappa shape index (κ2) is 3.31. The largest absolute Gasteiger partial charge is 0.339 e. The van der Waals surface area contributed by atoms with Crippen LogP contribution in [0.15, 0.2) is 29.0 Å². The Morgan fingerprint density at radius 3 is 3.00 bits per heavy atom. The van der Waals surface area contributed by atoms with Gasteiger partial charge in [-0.3, -0.25) is 4.40 Å². The second-order valence-corrected chi connectivity index (χ2v) is 3.79. The number of rotatable bonds is 1. The molecule has 0 spiro atoms. The molecule has 3 rings (SSSR count). The van der Waals surface area contributed by atoms with Crippen LogP contribution >= 0.6 is 11.6 Å². The lowest BCUT2D eigenvalue weighted by atomic mass is 10.4. The van der Waals surface area contributed by atoms with E-state index in [1.165, 1.54) is 0 Å². The first-order valence-electron chi connectivity index (χ1n) is 4.67. The van der Waals surface area contributed by atoms with Crippen LogP contribution in [-0.2, 0) is 0 Å². The molecule has 0 aliphatic heterocycles. The lowest BCUT2D eigenvalue weighted by molar-refractivity contribution is 0.394. The lowest BCUT2D eigenvalue weighted by Crippen LogP contribution is -1.89. The lowest BCUT2D eigenvalue weighted by Gasteiger charge is -1.97. The Morgan fingerprint density at radius 1 is 1.38 bits per heavy atom. The summed E-state index contributed by atoms with van der Waals surface area (Å²) in [5.74, 6) is 1.03. The summed E-state index contributed by atoms with van der Waals surface area (Å²) in [4.78, 5) is 8.38. The average Bonchev–Trinajstić information content (AvgIpc) is 2.83. The molecule has 0 fully saturated rings. The predicted molar refractivity (Wildman–Crippen MR) is 58.2 cm³/mol. The summed E-state index contributed by atoms with van der Waals surface area (Å²) in [6.45, 7) is 1.74. The SMILES string of the molecule is Cc1nc(-c2cnc3ccc(Cl)cn23)no1. The van der Waals surface area contributed by atoms with Gasteiger partial charge < -0.3 is 4.52 Å². The number of hydrogen-bond donors (Lipinski definition) is 0. The van der Waals surface area contributed by atoms with Crippen molar-refractivity contribution in [3.05, 3.63) is 35.4 Å². The van der Waals surface area contributed by atoms with Crippen LogP contribution < -0.4 is 0 Å².